The highest BCUT2D eigenvalue weighted by Crippen LogP contribution is 2.18. The van der Waals surface area contributed by atoms with E-state index in [0.717, 1.165) is 43.8 Å². The Labute approximate surface area is 144 Å². The molecular formula is C19H28ClN2O+. The van der Waals surface area contributed by atoms with Crippen molar-refractivity contribution in [3.63, 3.8) is 0 Å². The number of quaternary nitrogens is 1. The topological polar surface area (TPSA) is 24.8 Å². The van der Waals surface area contributed by atoms with Crippen LogP contribution in [-0.4, -0.2) is 43.0 Å². The van der Waals surface area contributed by atoms with E-state index in [2.05, 4.69) is 13.8 Å². The van der Waals surface area contributed by atoms with E-state index >= 15 is 0 Å². The number of hydrogen-bond acceptors (Lipinski definition) is 1. The molecule has 1 aromatic carbocycles. The van der Waals surface area contributed by atoms with Gasteiger partial charge in [0.05, 0.1) is 19.1 Å². The molecule has 1 aromatic rings. The molecule has 2 aliphatic rings. The van der Waals surface area contributed by atoms with E-state index in [-0.39, 0.29) is 5.91 Å². The standard InChI is InChI=1S/C19H27ClN2O/c1-14-10-15(2)13-22(12-14)18-6-8-21(9-7-18)19(23)16-4-3-5-17(20)11-16/h3-5,11,14-15,18H,6-10,12-13H2,1-2H3/p+1. The normalized spacial score (nSPS) is 29.5. The Morgan fingerprint density at radius 2 is 1.83 bits per heavy atom. The number of hydrogen-bond donors (Lipinski definition) is 1. The zero-order valence-corrected chi connectivity index (χ0v) is 15.0. The van der Waals surface area contributed by atoms with E-state index in [9.17, 15) is 4.79 Å². The molecule has 126 valence electrons. The highest BCUT2D eigenvalue weighted by atomic mass is 35.5. The van der Waals surface area contributed by atoms with Gasteiger partial charge in [0.1, 0.15) is 0 Å². The fraction of sp³-hybridized carbons (Fsp3) is 0.632. The molecule has 0 spiro atoms. The van der Waals surface area contributed by atoms with E-state index in [4.69, 9.17) is 11.6 Å². The van der Waals surface area contributed by atoms with Crippen LogP contribution < -0.4 is 4.90 Å². The van der Waals surface area contributed by atoms with Gasteiger partial charge in [0.2, 0.25) is 0 Å². The van der Waals surface area contributed by atoms with Crippen molar-refractivity contribution in [1.29, 1.82) is 0 Å². The lowest BCUT2D eigenvalue weighted by Crippen LogP contribution is -3.18. The lowest BCUT2D eigenvalue weighted by molar-refractivity contribution is -0.938. The van der Waals surface area contributed by atoms with Crippen molar-refractivity contribution in [1.82, 2.24) is 4.90 Å². The second-order valence-electron chi connectivity index (χ2n) is 7.59. The number of piperidine rings is 2. The molecule has 0 aromatic heterocycles. The summed E-state index contributed by atoms with van der Waals surface area (Å²) in [6, 6.07) is 8.02. The molecule has 0 bridgehead atoms. The van der Waals surface area contributed by atoms with Crippen LogP contribution in [0.5, 0.6) is 0 Å². The van der Waals surface area contributed by atoms with Gasteiger partial charge in [-0.25, -0.2) is 0 Å². The average Bonchev–Trinajstić information content (AvgIpc) is 2.53. The molecule has 4 heteroatoms. The first-order valence-electron chi connectivity index (χ1n) is 8.92. The van der Waals surface area contributed by atoms with Crippen LogP contribution in [0, 0.1) is 11.8 Å². The third kappa shape index (κ3) is 4.07. The SMILES string of the molecule is CC1CC(C)C[NH+](C2CCN(C(=O)c3cccc(Cl)c3)CC2)C1. The maximum absolute atomic E-state index is 12.6. The number of benzene rings is 1. The Balaban J connectivity index is 1.57. The summed E-state index contributed by atoms with van der Waals surface area (Å²) >= 11 is 6.01. The fourth-order valence-corrected chi connectivity index (χ4v) is 4.65. The van der Waals surface area contributed by atoms with Crippen molar-refractivity contribution in [3.8, 4) is 0 Å². The molecule has 2 atom stereocenters. The lowest BCUT2D eigenvalue weighted by Gasteiger charge is -2.41. The smallest absolute Gasteiger partial charge is 0.253 e. The third-order valence-corrected chi connectivity index (χ3v) is 5.69. The first kappa shape index (κ1) is 16.8. The van der Waals surface area contributed by atoms with Gasteiger partial charge in [0.15, 0.2) is 0 Å². The van der Waals surface area contributed by atoms with Crippen LogP contribution in [0.3, 0.4) is 0 Å². The largest absolute Gasteiger partial charge is 0.338 e. The average molecular weight is 336 g/mol. The van der Waals surface area contributed by atoms with Gasteiger partial charge in [-0.05, 0) is 24.6 Å². The maximum atomic E-state index is 12.6. The summed E-state index contributed by atoms with van der Waals surface area (Å²) in [6.45, 7) is 9.12. The molecule has 2 unspecified atom stereocenters. The van der Waals surface area contributed by atoms with Crippen molar-refractivity contribution in [2.24, 2.45) is 11.8 Å². The van der Waals surface area contributed by atoms with Gasteiger partial charge in [-0.2, -0.15) is 0 Å². The number of nitrogens with zero attached hydrogens (tertiary/aromatic N) is 1. The Bertz CT molecular complexity index is 544. The molecule has 2 aliphatic heterocycles. The van der Waals surface area contributed by atoms with Gasteiger partial charge in [-0.15, -0.1) is 0 Å². The molecule has 0 aliphatic carbocycles. The molecule has 2 fully saturated rings. The Morgan fingerprint density at radius 3 is 2.43 bits per heavy atom. The molecule has 1 amide bonds. The van der Waals surface area contributed by atoms with Crippen molar-refractivity contribution in [2.75, 3.05) is 26.2 Å². The summed E-state index contributed by atoms with van der Waals surface area (Å²) in [4.78, 5) is 16.4. The first-order valence-corrected chi connectivity index (χ1v) is 9.30. The number of carbonyl (C=O) groups is 1. The van der Waals surface area contributed by atoms with Crippen LogP contribution in [0.1, 0.15) is 43.5 Å². The van der Waals surface area contributed by atoms with Crippen LogP contribution in [0.15, 0.2) is 24.3 Å². The summed E-state index contributed by atoms with van der Waals surface area (Å²) in [6.07, 6.45) is 3.62. The Morgan fingerprint density at radius 1 is 1.17 bits per heavy atom. The monoisotopic (exact) mass is 335 g/mol. The molecule has 1 N–H and O–H groups in total. The quantitative estimate of drug-likeness (QED) is 0.882. The number of nitrogens with one attached hydrogen (secondary N) is 1. The van der Waals surface area contributed by atoms with Crippen LogP contribution >= 0.6 is 11.6 Å². The number of likely N-dealkylation sites (tertiary alicyclic amines) is 2. The number of halogens is 1. The lowest BCUT2D eigenvalue weighted by atomic mass is 9.89. The van der Waals surface area contributed by atoms with Crippen LogP contribution in [0.25, 0.3) is 0 Å². The van der Waals surface area contributed by atoms with Crippen LogP contribution in [0.2, 0.25) is 5.02 Å². The van der Waals surface area contributed by atoms with E-state index < -0.39 is 0 Å². The summed E-state index contributed by atoms with van der Waals surface area (Å²) in [5, 5.41) is 0.631. The van der Waals surface area contributed by atoms with E-state index in [1.165, 1.54) is 19.5 Å². The summed E-state index contributed by atoms with van der Waals surface area (Å²) in [7, 11) is 0. The second kappa shape index (κ2) is 7.23. The minimum atomic E-state index is 0.126. The molecule has 0 saturated carbocycles. The van der Waals surface area contributed by atoms with Crippen molar-refractivity contribution < 1.29 is 9.69 Å². The number of rotatable bonds is 2. The van der Waals surface area contributed by atoms with Crippen LogP contribution in [-0.2, 0) is 0 Å². The zero-order valence-electron chi connectivity index (χ0n) is 14.2. The molecule has 3 rings (SSSR count). The minimum Gasteiger partial charge on any atom is -0.338 e. The van der Waals surface area contributed by atoms with Gasteiger partial charge in [-0.3, -0.25) is 4.79 Å². The van der Waals surface area contributed by atoms with Gasteiger partial charge in [0, 0.05) is 48.4 Å². The van der Waals surface area contributed by atoms with E-state index in [0.29, 0.717) is 10.6 Å². The van der Waals surface area contributed by atoms with Crippen molar-refractivity contribution in [2.45, 2.75) is 39.2 Å². The van der Waals surface area contributed by atoms with Gasteiger partial charge in [0.25, 0.3) is 5.91 Å². The minimum absolute atomic E-state index is 0.126. The van der Waals surface area contributed by atoms with Gasteiger partial charge >= 0.3 is 0 Å². The third-order valence-electron chi connectivity index (χ3n) is 5.46. The Hall–Kier alpha value is -1.06. The van der Waals surface area contributed by atoms with Crippen molar-refractivity contribution >= 4 is 17.5 Å². The maximum Gasteiger partial charge on any atom is 0.253 e. The Kier molecular flexibility index (Phi) is 5.27. The number of amides is 1. The fourth-order valence-electron chi connectivity index (χ4n) is 4.46. The molecular weight excluding hydrogens is 308 g/mol. The molecule has 2 saturated heterocycles. The van der Waals surface area contributed by atoms with Gasteiger partial charge < -0.3 is 9.80 Å². The van der Waals surface area contributed by atoms with Gasteiger partial charge in [-0.1, -0.05) is 31.5 Å². The van der Waals surface area contributed by atoms with Crippen molar-refractivity contribution in [3.05, 3.63) is 34.9 Å². The highest BCUT2D eigenvalue weighted by Gasteiger charge is 2.34. The molecule has 2 heterocycles. The first-order chi connectivity index (χ1) is 11.0. The predicted octanol–water partition coefficient (Wildman–Crippen LogP) is 2.51. The highest BCUT2D eigenvalue weighted by molar-refractivity contribution is 6.30. The summed E-state index contributed by atoms with van der Waals surface area (Å²) < 4.78 is 0. The zero-order chi connectivity index (χ0) is 16.4. The summed E-state index contributed by atoms with van der Waals surface area (Å²) in [5.74, 6) is 1.79. The molecule has 0 radical (unpaired) electrons. The summed E-state index contributed by atoms with van der Waals surface area (Å²) in [5.41, 5.74) is 0.712. The number of carbonyl (C=O) groups excluding carboxylic acids is 1. The molecule has 23 heavy (non-hydrogen) atoms. The predicted molar refractivity (Wildman–Crippen MR) is 94.0 cm³/mol. The molecule has 3 nitrogen and oxygen atoms in total. The second-order valence-corrected chi connectivity index (χ2v) is 8.03. The van der Waals surface area contributed by atoms with Crippen LogP contribution in [0.4, 0.5) is 0 Å². The van der Waals surface area contributed by atoms with E-state index in [1.54, 1.807) is 11.0 Å². The van der Waals surface area contributed by atoms with E-state index in [1.807, 2.05) is 23.1 Å².